The topological polar surface area (TPSA) is 79.5 Å². The van der Waals surface area contributed by atoms with Crippen LogP contribution >= 0.6 is 0 Å². The largest absolute Gasteiger partial charge is 0.462 e. The smallest absolute Gasteiger partial charge is 0.265 e. The molecule has 2 aromatic rings. The van der Waals surface area contributed by atoms with Crippen LogP contribution in [0.3, 0.4) is 0 Å². The van der Waals surface area contributed by atoms with Gasteiger partial charge in [0, 0.05) is 18.2 Å². The number of furan rings is 1. The highest BCUT2D eigenvalue weighted by molar-refractivity contribution is 7.92. The molecule has 0 radical (unpaired) electrons. The molecule has 2 rings (SSSR count). The lowest BCUT2D eigenvalue weighted by Gasteiger charge is -2.09. The van der Waals surface area contributed by atoms with E-state index in [0.717, 1.165) is 6.07 Å². The summed E-state index contributed by atoms with van der Waals surface area (Å²) < 4.78 is 70.5. The lowest BCUT2D eigenvalue weighted by Crippen LogP contribution is -2.15. The van der Waals surface area contributed by atoms with Crippen molar-refractivity contribution in [3.63, 3.8) is 0 Å². The molecule has 0 fully saturated rings. The number of nitrogens with one attached hydrogen (secondary N) is 1. The molecule has 0 saturated heterocycles. The van der Waals surface area contributed by atoms with Crippen LogP contribution in [0.25, 0.3) is 0 Å². The van der Waals surface area contributed by atoms with Crippen LogP contribution in [0.15, 0.2) is 27.5 Å². The minimum Gasteiger partial charge on any atom is -0.462 e. The Balaban J connectivity index is 2.44. The van der Waals surface area contributed by atoms with Gasteiger partial charge >= 0.3 is 0 Å². The van der Waals surface area contributed by atoms with Gasteiger partial charge in [0.25, 0.3) is 10.0 Å². The molecule has 21 heavy (non-hydrogen) atoms. The van der Waals surface area contributed by atoms with E-state index >= 15 is 0 Å². The first kappa shape index (κ1) is 15.4. The first-order valence-corrected chi connectivity index (χ1v) is 7.10. The number of halogens is 3. The van der Waals surface area contributed by atoms with Crippen molar-refractivity contribution in [3.8, 4) is 0 Å². The summed E-state index contributed by atoms with van der Waals surface area (Å²) in [7, 11) is -4.35. The number of benzene rings is 1. The van der Waals surface area contributed by atoms with Crippen molar-refractivity contribution in [1.29, 1.82) is 0 Å². The van der Waals surface area contributed by atoms with Gasteiger partial charge in [-0.25, -0.2) is 21.6 Å². The van der Waals surface area contributed by atoms with E-state index in [1.54, 1.807) is 4.72 Å². The second kappa shape index (κ2) is 5.41. The monoisotopic (exact) mass is 321 g/mol. The van der Waals surface area contributed by atoms with Crippen LogP contribution < -0.4 is 4.72 Å². The van der Waals surface area contributed by atoms with Gasteiger partial charge in [0.15, 0.2) is 11.6 Å². The first-order valence-electron chi connectivity index (χ1n) is 5.62. The molecule has 0 amide bonds. The molecule has 0 unspecified atom stereocenters. The van der Waals surface area contributed by atoms with E-state index in [9.17, 15) is 21.6 Å². The molecule has 0 aliphatic rings. The molecule has 0 bridgehead atoms. The summed E-state index contributed by atoms with van der Waals surface area (Å²) in [4.78, 5) is -0.380. The molecule has 1 heterocycles. The highest BCUT2D eigenvalue weighted by Gasteiger charge is 2.24. The van der Waals surface area contributed by atoms with Gasteiger partial charge in [0.2, 0.25) is 0 Å². The van der Waals surface area contributed by atoms with E-state index in [1.807, 2.05) is 0 Å². The molecule has 9 heteroatoms. The number of sulfonamides is 1. The van der Waals surface area contributed by atoms with E-state index in [0.29, 0.717) is 12.1 Å². The van der Waals surface area contributed by atoms with Crippen LogP contribution in [0, 0.1) is 24.4 Å². The first-order chi connectivity index (χ1) is 9.74. The van der Waals surface area contributed by atoms with Crippen LogP contribution in [-0.2, 0) is 16.6 Å². The van der Waals surface area contributed by atoms with Crippen molar-refractivity contribution in [2.45, 2.75) is 18.4 Å². The minimum atomic E-state index is -4.35. The molecule has 2 N–H and O–H groups in total. The van der Waals surface area contributed by atoms with Crippen LogP contribution in [-0.4, -0.2) is 13.5 Å². The third-order valence-corrected chi connectivity index (χ3v) is 4.07. The molecule has 114 valence electrons. The molecule has 0 aliphatic heterocycles. The fourth-order valence-electron chi connectivity index (χ4n) is 1.70. The van der Waals surface area contributed by atoms with Gasteiger partial charge in [0.1, 0.15) is 34.5 Å². The van der Waals surface area contributed by atoms with Gasteiger partial charge in [0.05, 0.1) is 0 Å². The molecular formula is C12H10F3NO4S. The zero-order valence-corrected chi connectivity index (χ0v) is 11.5. The highest BCUT2D eigenvalue weighted by Crippen LogP contribution is 2.26. The van der Waals surface area contributed by atoms with Crippen molar-refractivity contribution in [2.75, 3.05) is 4.72 Å². The third-order valence-electron chi connectivity index (χ3n) is 2.61. The molecule has 0 atom stereocenters. The fourth-order valence-corrected chi connectivity index (χ4v) is 2.98. The maximum absolute atomic E-state index is 13.5. The van der Waals surface area contributed by atoms with Crippen molar-refractivity contribution in [2.24, 2.45) is 0 Å². The Morgan fingerprint density at radius 1 is 1.19 bits per heavy atom. The van der Waals surface area contributed by atoms with Crippen LogP contribution in [0.1, 0.15) is 11.5 Å². The second-order valence-electron chi connectivity index (χ2n) is 4.14. The molecule has 0 spiro atoms. The van der Waals surface area contributed by atoms with Gasteiger partial charge in [-0.05, 0) is 6.92 Å². The zero-order valence-electron chi connectivity index (χ0n) is 10.7. The number of anilines is 1. The Labute approximate surface area is 118 Å². The van der Waals surface area contributed by atoms with Crippen molar-refractivity contribution in [1.82, 2.24) is 0 Å². The standard InChI is InChI=1S/C12H10F3NO4S/c1-6-11(4-8(5-17)20-6)21(18,19)16-12-9(14)2-7(13)3-10(12)15/h2-4,16-17H,5H2,1H3. The summed E-state index contributed by atoms with van der Waals surface area (Å²) in [5.74, 6) is -4.03. The Hall–Kier alpha value is -2.00. The van der Waals surface area contributed by atoms with Gasteiger partial charge in [-0.3, -0.25) is 4.72 Å². The summed E-state index contributed by atoms with van der Waals surface area (Å²) in [6, 6.07) is 1.72. The molecule has 1 aromatic carbocycles. The molecule has 0 aliphatic carbocycles. The van der Waals surface area contributed by atoms with Crippen molar-refractivity contribution < 1.29 is 31.1 Å². The predicted molar refractivity (Wildman–Crippen MR) is 66.5 cm³/mol. The van der Waals surface area contributed by atoms with Crippen LogP contribution in [0.2, 0.25) is 0 Å². The maximum Gasteiger partial charge on any atom is 0.265 e. The molecule has 1 aromatic heterocycles. The van der Waals surface area contributed by atoms with E-state index in [-0.39, 0.29) is 16.4 Å². The summed E-state index contributed by atoms with van der Waals surface area (Å²) >= 11 is 0. The second-order valence-corrected chi connectivity index (χ2v) is 5.79. The summed E-state index contributed by atoms with van der Waals surface area (Å²) in [6.45, 7) is 0.779. The van der Waals surface area contributed by atoms with Crippen molar-refractivity contribution in [3.05, 3.63) is 47.2 Å². The summed E-state index contributed by atoms with van der Waals surface area (Å²) in [5, 5.41) is 8.88. The molecule has 5 nitrogen and oxygen atoms in total. The number of aryl methyl sites for hydroxylation is 1. The SMILES string of the molecule is Cc1oc(CO)cc1S(=O)(=O)Nc1c(F)cc(F)cc1F. The lowest BCUT2D eigenvalue weighted by molar-refractivity contribution is 0.245. The van der Waals surface area contributed by atoms with Gasteiger partial charge in [-0.1, -0.05) is 0 Å². The predicted octanol–water partition coefficient (Wildman–Crippen LogP) is 2.30. The lowest BCUT2D eigenvalue weighted by atomic mass is 10.3. The average molecular weight is 321 g/mol. The van der Waals surface area contributed by atoms with E-state index in [1.165, 1.54) is 6.92 Å². The normalized spacial score (nSPS) is 11.7. The Kier molecular flexibility index (Phi) is 3.97. The van der Waals surface area contributed by atoms with Crippen LogP contribution in [0.5, 0.6) is 0 Å². The van der Waals surface area contributed by atoms with E-state index in [2.05, 4.69) is 0 Å². The Bertz CT molecular complexity index is 763. The minimum absolute atomic E-state index is 0.0204. The quantitative estimate of drug-likeness (QED) is 0.905. The maximum atomic E-state index is 13.5. The highest BCUT2D eigenvalue weighted by atomic mass is 32.2. The van der Waals surface area contributed by atoms with Gasteiger partial charge in [-0.2, -0.15) is 0 Å². The third kappa shape index (κ3) is 3.03. The molecular weight excluding hydrogens is 311 g/mol. The number of hydrogen-bond acceptors (Lipinski definition) is 4. The Morgan fingerprint density at radius 3 is 2.24 bits per heavy atom. The summed E-state index contributed by atoms with van der Waals surface area (Å²) in [5.41, 5.74) is -0.998. The zero-order chi connectivity index (χ0) is 15.8. The number of aliphatic hydroxyl groups is 1. The van der Waals surface area contributed by atoms with Gasteiger partial charge < -0.3 is 9.52 Å². The van der Waals surface area contributed by atoms with E-state index < -0.39 is 39.8 Å². The number of hydrogen-bond donors (Lipinski definition) is 2. The van der Waals surface area contributed by atoms with Crippen molar-refractivity contribution >= 4 is 15.7 Å². The Morgan fingerprint density at radius 2 is 1.76 bits per heavy atom. The van der Waals surface area contributed by atoms with Crippen LogP contribution in [0.4, 0.5) is 18.9 Å². The van der Waals surface area contributed by atoms with Gasteiger partial charge in [-0.15, -0.1) is 0 Å². The molecule has 0 saturated carbocycles. The number of rotatable bonds is 4. The van der Waals surface area contributed by atoms with E-state index in [4.69, 9.17) is 9.52 Å². The average Bonchev–Trinajstić information content (AvgIpc) is 2.76. The fraction of sp³-hybridized carbons (Fsp3) is 0.167. The summed E-state index contributed by atoms with van der Waals surface area (Å²) in [6.07, 6.45) is 0. The number of aliphatic hydroxyl groups excluding tert-OH is 1.